The van der Waals surface area contributed by atoms with E-state index in [2.05, 4.69) is 15.7 Å². The van der Waals surface area contributed by atoms with Gasteiger partial charge >= 0.3 is 6.03 Å². The van der Waals surface area contributed by atoms with Crippen LogP contribution in [0, 0.1) is 0 Å². The van der Waals surface area contributed by atoms with Crippen molar-refractivity contribution >= 4 is 11.8 Å². The third-order valence-corrected chi connectivity index (χ3v) is 4.16. The number of nitrogens with one attached hydrogen (secondary N) is 2. The number of hydrogen-bond donors (Lipinski definition) is 3. The summed E-state index contributed by atoms with van der Waals surface area (Å²) in [6, 6.07) is 5.14. The van der Waals surface area contributed by atoms with Crippen molar-refractivity contribution < 1.29 is 14.3 Å². The Balaban J connectivity index is 1.53. The molecule has 124 valence electrons. The van der Waals surface area contributed by atoms with Crippen molar-refractivity contribution in [3.8, 4) is 0 Å². The molecule has 1 unspecified atom stereocenters. The SMILES string of the molecule is O=C(NCC(O)c1ccco1)Nc1ccnn1C1CCCCC1. The molecule has 7 nitrogen and oxygen atoms in total. The standard InChI is InChI=1S/C16H22N4O3/c21-13(14-7-4-10-23-14)11-17-16(22)19-15-8-9-18-20(15)12-5-2-1-3-6-12/h4,7-10,12-13,21H,1-3,5-6,11H2,(H2,17,19,22). The number of aromatic nitrogens is 2. The van der Waals surface area contributed by atoms with Crippen LogP contribution >= 0.6 is 0 Å². The lowest BCUT2D eigenvalue weighted by Gasteiger charge is -2.24. The lowest BCUT2D eigenvalue weighted by atomic mass is 9.96. The molecule has 3 rings (SSSR count). The summed E-state index contributed by atoms with van der Waals surface area (Å²) >= 11 is 0. The summed E-state index contributed by atoms with van der Waals surface area (Å²) in [5.41, 5.74) is 0. The van der Waals surface area contributed by atoms with Gasteiger partial charge in [-0.05, 0) is 25.0 Å². The van der Waals surface area contributed by atoms with E-state index in [1.54, 1.807) is 24.4 Å². The Labute approximate surface area is 134 Å². The molecule has 1 fully saturated rings. The summed E-state index contributed by atoms with van der Waals surface area (Å²) in [6.07, 6.45) is 8.18. The van der Waals surface area contributed by atoms with Crippen LogP contribution in [-0.4, -0.2) is 27.5 Å². The van der Waals surface area contributed by atoms with Gasteiger partial charge in [-0.25, -0.2) is 9.48 Å². The highest BCUT2D eigenvalue weighted by molar-refractivity contribution is 5.88. The fourth-order valence-electron chi connectivity index (χ4n) is 2.96. The smallest absolute Gasteiger partial charge is 0.320 e. The van der Waals surface area contributed by atoms with Gasteiger partial charge < -0.3 is 14.8 Å². The summed E-state index contributed by atoms with van der Waals surface area (Å²) in [5, 5.41) is 19.7. The minimum Gasteiger partial charge on any atom is -0.467 e. The molecule has 7 heteroatoms. The molecule has 0 radical (unpaired) electrons. The van der Waals surface area contributed by atoms with Crippen molar-refractivity contribution in [2.75, 3.05) is 11.9 Å². The molecule has 1 saturated carbocycles. The quantitative estimate of drug-likeness (QED) is 0.790. The van der Waals surface area contributed by atoms with Gasteiger partial charge in [0.05, 0.1) is 25.0 Å². The minimum absolute atomic E-state index is 0.0803. The highest BCUT2D eigenvalue weighted by Gasteiger charge is 2.19. The van der Waals surface area contributed by atoms with Crippen molar-refractivity contribution in [1.29, 1.82) is 0 Å². The number of nitrogens with zero attached hydrogens (tertiary/aromatic N) is 2. The maximum Gasteiger partial charge on any atom is 0.320 e. The summed E-state index contributed by atoms with van der Waals surface area (Å²) in [4.78, 5) is 12.0. The zero-order valence-electron chi connectivity index (χ0n) is 12.9. The Morgan fingerprint density at radius 1 is 1.39 bits per heavy atom. The topological polar surface area (TPSA) is 92.3 Å². The molecule has 0 aliphatic heterocycles. The molecule has 0 bridgehead atoms. The Kier molecular flexibility index (Phi) is 4.97. The summed E-state index contributed by atoms with van der Waals surface area (Å²) in [6.45, 7) is 0.0803. The van der Waals surface area contributed by atoms with Crippen LogP contribution in [0.5, 0.6) is 0 Å². The van der Waals surface area contributed by atoms with Crippen LogP contribution in [0.15, 0.2) is 35.1 Å². The van der Waals surface area contributed by atoms with Gasteiger partial charge in [-0.3, -0.25) is 5.32 Å². The van der Waals surface area contributed by atoms with E-state index in [-0.39, 0.29) is 12.6 Å². The second-order valence-electron chi connectivity index (χ2n) is 5.82. The fraction of sp³-hybridized carbons (Fsp3) is 0.500. The van der Waals surface area contributed by atoms with Crippen LogP contribution in [-0.2, 0) is 0 Å². The van der Waals surface area contributed by atoms with Gasteiger partial charge in [0.1, 0.15) is 17.7 Å². The van der Waals surface area contributed by atoms with Crippen LogP contribution in [0.3, 0.4) is 0 Å². The van der Waals surface area contributed by atoms with Gasteiger partial charge in [0, 0.05) is 6.07 Å². The number of carbonyl (C=O) groups is 1. The van der Waals surface area contributed by atoms with Crippen molar-refractivity contribution in [3.05, 3.63) is 36.4 Å². The first kappa shape index (κ1) is 15.6. The molecule has 0 spiro atoms. The molecule has 1 aliphatic rings. The Hall–Kier alpha value is -2.28. The van der Waals surface area contributed by atoms with E-state index in [9.17, 15) is 9.90 Å². The maximum atomic E-state index is 12.0. The maximum absolute atomic E-state index is 12.0. The number of urea groups is 1. The predicted molar refractivity (Wildman–Crippen MR) is 85.0 cm³/mol. The van der Waals surface area contributed by atoms with Crippen LogP contribution < -0.4 is 10.6 Å². The lowest BCUT2D eigenvalue weighted by molar-refractivity contribution is 0.149. The molecule has 2 aromatic rings. The molecule has 3 N–H and O–H groups in total. The van der Waals surface area contributed by atoms with Crippen LogP contribution in [0.25, 0.3) is 0 Å². The van der Waals surface area contributed by atoms with Crippen LogP contribution in [0.2, 0.25) is 0 Å². The molecule has 1 atom stereocenters. The number of aliphatic hydroxyl groups excluding tert-OH is 1. The predicted octanol–water partition coefficient (Wildman–Crippen LogP) is 2.84. The molecule has 2 amide bonds. The van der Waals surface area contributed by atoms with Crippen molar-refractivity contribution in [2.24, 2.45) is 0 Å². The van der Waals surface area contributed by atoms with E-state index in [0.29, 0.717) is 17.6 Å². The zero-order valence-corrected chi connectivity index (χ0v) is 12.9. The Morgan fingerprint density at radius 3 is 2.96 bits per heavy atom. The number of hydrogen-bond acceptors (Lipinski definition) is 4. The summed E-state index contributed by atoms with van der Waals surface area (Å²) in [5.74, 6) is 1.11. The molecule has 0 aromatic carbocycles. The first-order chi connectivity index (χ1) is 11.2. The second kappa shape index (κ2) is 7.32. The number of furan rings is 1. The van der Waals surface area contributed by atoms with Gasteiger partial charge in [0.25, 0.3) is 0 Å². The van der Waals surface area contributed by atoms with Crippen molar-refractivity contribution in [1.82, 2.24) is 15.1 Å². The van der Waals surface area contributed by atoms with E-state index in [1.165, 1.54) is 25.5 Å². The minimum atomic E-state index is -0.862. The van der Waals surface area contributed by atoms with E-state index in [4.69, 9.17) is 4.42 Å². The fourth-order valence-corrected chi connectivity index (χ4v) is 2.96. The van der Waals surface area contributed by atoms with Gasteiger partial charge in [-0.15, -0.1) is 0 Å². The van der Waals surface area contributed by atoms with Gasteiger partial charge in [0.15, 0.2) is 0 Å². The number of anilines is 1. The largest absolute Gasteiger partial charge is 0.467 e. The molecular formula is C16H22N4O3. The first-order valence-corrected chi connectivity index (χ1v) is 8.04. The van der Waals surface area contributed by atoms with E-state index in [0.717, 1.165) is 12.8 Å². The lowest BCUT2D eigenvalue weighted by Crippen LogP contribution is -2.33. The monoisotopic (exact) mass is 318 g/mol. The number of rotatable bonds is 5. The van der Waals surface area contributed by atoms with Crippen LogP contribution in [0.1, 0.15) is 50.0 Å². The Morgan fingerprint density at radius 2 is 2.22 bits per heavy atom. The number of aliphatic hydroxyl groups is 1. The van der Waals surface area contributed by atoms with Crippen LogP contribution in [0.4, 0.5) is 10.6 Å². The number of carbonyl (C=O) groups excluding carboxylic acids is 1. The third kappa shape index (κ3) is 3.92. The van der Waals surface area contributed by atoms with Crippen molar-refractivity contribution in [3.63, 3.8) is 0 Å². The third-order valence-electron chi connectivity index (χ3n) is 4.16. The molecule has 1 aliphatic carbocycles. The van der Waals surface area contributed by atoms with Crippen molar-refractivity contribution in [2.45, 2.75) is 44.2 Å². The molecular weight excluding hydrogens is 296 g/mol. The molecule has 2 heterocycles. The summed E-state index contributed by atoms with van der Waals surface area (Å²) < 4.78 is 6.99. The second-order valence-corrected chi connectivity index (χ2v) is 5.82. The first-order valence-electron chi connectivity index (χ1n) is 8.04. The molecule has 2 aromatic heterocycles. The van der Waals surface area contributed by atoms with E-state index in [1.807, 2.05) is 4.68 Å². The molecule has 0 saturated heterocycles. The summed E-state index contributed by atoms with van der Waals surface area (Å²) in [7, 11) is 0. The van der Waals surface area contributed by atoms with Gasteiger partial charge in [-0.1, -0.05) is 19.3 Å². The van der Waals surface area contributed by atoms with E-state index < -0.39 is 6.10 Å². The molecule has 23 heavy (non-hydrogen) atoms. The Bertz CT molecular complexity index is 617. The highest BCUT2D eigenvalue weighted by Crippen LogP contribution is 2.29. The van der Waals surface area contributed by atoms with Gasteiger partial charge in [0.2, 0.25) is 0 Å². The van der Waals surface area contributed by atoms with Gasteiger partial charge in [-0.2, -0.15) is 5.10 Å². The average Bonchev–Trinajstić information content (AvgIpc) is 3.25. The number of amides is 2. The normalized spacial score (nSPS) is 16.9. The zero-order chi connectivity index (χ0) is 16.1. The average molecular weight is 318 g/mol. The van der Waals surface area contributed by atoms with E-state index >= 15 is 0 Å². The highest BCUT2D eigenvalue weighted by atomic mass is 16.4.